The van der Waals surface area contributed by atoms with Crippen LogP contribution < -0.4 is 10.1 Å². The molecule has 4 aromatic carbocycles. The Morgan fingerprint density at radius 3 is 2.06 bits per heavy atom. The summed E-state index contributed by atoms with van der Waals surface area (Å²) >= 11 is 6.26. The molecule has 6 rings (SSSR count). The smallest absolute Gasteiger partial charge is 0.118 e. The van der Waals surface area contributed by atoms with Crippen LogP contribution >= 0.6 is 11.6 Å². The SMILES string of the molecule is COc1ccc(C2(c3ccccc3)c3ccccc3NC(c3ccc(Cl)cc3)C23CC3)cc1. The van der Waals surface area contributed by atoms with Gasteiger partial charge in [0.15, 0.2) is 0 Å². The standard InChI is InChI=1S/C30H26ClNO/c1-33-25-17-13-23(14-18-25)30(22-7-3-2-4-8-22)26-9-5-6-10-27(26)32-28(29(30)19-20-29)21-11-15-24(31)16-12-21/h2-18,28,32H,19-20H2,1H3. The van der Waals surface area contributed by atoms with Gasteiger partial charge >= 0.3 is 0 Å². The third kappa shape index (κ3) is 2.94. The second-order valence-electron chi connectivity index (χ2n) is 9.18. The number of para-hydroxylation sites is 1. The molecule has 3 heteroatoms. The minimum absolute atomic E-state index is 0.00508. The maximum Gasteiger partial charge on any atom is 0.118 e. The van der Waals surface area contributed by atoms with Crippen LogP contribution in [0.3, 0.4) is 0 Å². The number of rotatable bonds is 4. The minimum atomic E-state index is -0.285. The van der Waals surface area contributed by atoms with Crippen molar-refractivity contribution >= 4 is 17.3 Å². The van der Waals surface area contributed by atoms with Crippen LogP contribution in [-0.4, -0.2) is 7.11 Å². The molecule has 33 heavy (non-hydrogen) atoms. The van der Waals surface area contributed by atoms with E-state index in [9.17, 15) is 0 Å². The Kier molecular flexibility index (Phi) is 4.74. The van der Waals surface area contributed by atoms with Crippen molar-refractivity contribution < 1.29 is 4.74 Å². The molecule has 1 saturated carbocycles. The third-order valence-corrected chi connectivity index (χ3v) is 7.90. The molecule has 0 saturated heterocycles. The Morgan fingerprint density at radius 2 is 1.39 bits per heavy atom. The summed E-state index contributed by atoms with van der Waals surface area (Å²) in [5, 5.41) is 4.70. The fourth-order valence-electron chi connectivity index (χ4n) is 6.15. The van der Waals surface area contributed by atoms with E-state index in [1.807, 2.05) is 12.1 Å². The molecule has 1 aliphatic carbocycles. The zero-order chi connectivity index (χ0) is 22.5. The topological polar surface area (TPSA) is 21.3 Å². The lowest BCUT2D eigenvalue weighted by atomic mass is 9.54. The Bertz CT molecular complexity index is 1280. The van der Waals surface area contributed by atoms with Gasteiger partial charge in [-0.25, -0.2) is 0 Å². The molecule has 1 heterocycles. The van der Waals surface area contributed by atoms with Gasteiger partial charge in [0, 0.05) is 16.1 Å². The highest BCUT2D eigenvalue weighted by Crippen LogP contribution is 2.73. The largest absolute Gasteiger partial charge is 0.497 e. The fraction of sp³-hybridized carbons (Fsp3) is 0.200. The number of ether oxygens (including phenoxy) is 1. The molecule has 2 nitrogen and oxygen atoms in total. The van der Waals surface area contributed by atoms with Crippen LogP contribution in [0.25, 0.3) is 0 Å². The summed E-state index contributed by atoms with van der Waals surface area (Å²) in [6.07, 6.45) is 2.28. The van der Waals surface area contributed by atoms with Crippen molar-refractivity contribution in [1.82, 2.24) is 0 Å². The van der Waals surface area contributed by atoms with E-state index in [1.54, 1.807) is 7.11 Å². The van der Waals surface area contributed by atoms with Crippen molar-refractivity contribution in [2.24, 2.45) is 5.41 Å². The van der Waals surface area contributed by atoms with Gasteiger partial charge in [0.25, 0.3) is 0 Å². The summed E-state index contributed by atoms with van der Waals surface area (Å²) in [7, 11) is 1.72. The molecule has 1 N–H and O–H groups in total. The van der Waals surface area contributed by atoms with Crippen LogP contribution in [-0.2, 0) is 5.41 Å². The Hall–Kier alpha value is -3.23. The van der Waals surface area contributed by atoms with Gasteiger partial charge in [-0.2, -0.15) is 0 Å². The van der Waals surface area contributed by atoms with Crippen LogP contribution in [0.1, 0.15) is 41.1 Å². The fourth-order valence-corrected chi connectivity index (χ4v) is 6.28. The maximum absolute atomic E-state index is 6.26. The van der Waals surface area contributed by atoms with Crippen molar-refractivity contribution in [2.45, 2.75) is 24.3 Å². The second kappa shape index (κ2) is 7.67. The molecule has 0 radical (unpaired) electrons. The minimum Gasteiger partial charge on any atom is -0.497 e. The first kappa shape index (κ1) is 20.4. The van der Waals surface area contributed by atoms with E-state index in [0.717, 1.165) is 23.6 Å². The summed E-state index contributed by atoms with van der Waals surface area (Å²) in [4.78, 5) is 0. The number of fused-ring (bicyclic) bond motifs is 1. The summed E-state index contributed by atoms with van der Waals surface area (Å²) in [6, 6.07) is 37.1. The summed E-state index contributed by atoms with van der Waals surface area (Å²) in [5.41, 5.74) is 6.16. The predicted molar refractivity (Wildman–Crippen MR) is 135 cm³/mol. The van der Waals surface area contributed by atoms with Crippen LogP contribution in [0.4, 0.5) is 5.69 Å². The van der Waals surface area contributed by atoms with Gasteiger partial charge in [0.1, 0.15) is 5.75 Å². The van der Waals surface area contributed by atoms with Crippen molar-refractivity contribution in [3.8, 4) is 5.75 Å². The molecule has 0 amide bonds. The third-order valence-electron chi connectivity index (χ3n) is 7.65. The van der Waals surface area contributed by atoms with E-state index < -0.39 is 0 Å². The number of benzene rings is 4. The average molecular weight is 452 g/mol. The van der Waals surface area contributed by atoms with E-state index in [-0.39, 0.29) is 16.9 Å². The maximum atomic E-state index is 6.26. The molecule has 4 aromatic rings. The van der Waals surface area contributed by atoms with E-state index in [0.29, 0.717) is 0 Å². The van der Waals surface area contributed by atoms with Gasteiger partial charge in [-0.05, 0) is 65.4 Å². The van der Waals surface area contributed by atoms with Gasteiger partial charge in [-0.1, -0.05) is 84.4 Å². The molecular formula is C30H26ClNO. The molecule has 1 fully saturated rings. The monoisotopic (exact) mass is 451 g/mol. The Balaban J connectivity index is 1.68. The normalized spacial score (nSPS) is 22.3. The Morgan fingerprint density at radius 1 is 0.758 bits per heavy atom. The van der Waals surface area contributed by atoms with E-state index >= 15 is 0 Å². The van der Waals surface area contributed by atoms with Crippen molar-refractivity contribution in [3.63, 3.8) is 0 Å². The van der Waals surface area contributed by atoms with Crippen molar-refractivity contribution in [1.29, 1.82) is 0 Å². The lowest BCUT2D eigenvalue weighted by Crippen LogP contribution is -2.48. The van der Waals surface area contributed by atoms with Gasteiger partial charge < -0.3 is 10.1 Å². The summed E-state index contributed by atoms with van der Waals surface area (Å²) in [6.45, 7) is 0. The molecule has 0 bridgehead atoms. The lowest BCUT2D eigenvalue weighted by Gasteiger charge is -2.52. The van der Waals surface area contributed by atoms with Gasteiger partial charge in [-0.15, -0.1) is 0 Å². The Labute approximate surface area is 200 Å². The highest BCUT2D eigenvalue weighted by atomic mass is 35.5. The molecule has 1 aliphatic heterocycles. The van der Waals surface area contributed by atoms with Crippen molar-refractivity contribution in [2.75, 3.05) is 12.4 Å². The first-order valence-electron chi connectivity index (χ1n) is 11.5. The first-order valence-corrected chi connectivity index (χ1v) is 11.9. The number of hydrogen-bond acceptors (Lipinski definition) is 2. The number of hydrogen-bond donors (Lipinski definition) is 1. The first-order chi connectivity index (χ1) is 16.2. The summed E-state index contributed by atoms with van der Waals surface area (Å²) < 4.78 is 5.51. The van der Waals surface area contributed by atoms with Crippen LogP contribution in [0.5, 0.6) is 5.75 Å². The highest BCUT2D eigenvalue weighted by molar-refractivity contribution is 6.30. The number of methoxy groups -OCH3 is 1. The second-order valence-corrected chi connectivity index (χ2v) is 9.61. The van der Waals surface area contributed by atoms with Crippen LogP contribution in [0.2, 0.25) is 5.02 Å². The van der Waals surface area contributed by atoms with Gasteiger partial charge in [0.2, 0.25) is 0 Å². The van der Waals surface area contributed by atoms with E-state index in [2.05, 4.69) is 96.3 Å². The summed E-state index contributed by atoms with van der Waals surface area (Å²) in [5.74, 6) is 0.878. The molecule has 2 atom stereocenters. The lowest BCUT2D eigenvalue weighted by molar-refractivity contribution is 0.286. The quantitative estimate of drug-likeness (QED) is 0.344. The predicted octanol–water partition coefficient (Wildman–Crippen LogP) is 7.63. The van der Waals surface area contributed by atoms with Crippen LogP contribution in [0.15, 0.2) is 103 Å². The van der Waals surface area contributed by atoms with Crippen molar-refractivity contribution in [3.05, 3.63) is 130 Å². The molecule has 2 unspecified atom stereocenters. The zero-order valence-corrected chi connectivity index (χ0v) is 19.3. The molecule has 2 aliphatic rings. The molecule has 0 aromatic heterocycles. The van der Waals surface area contributed by atoms with Gasteiger partial charge in [0.05, 0.1) is 18.6 Å². The molecule has 164 valence electrons. The van der Waals surface area contributed by atoms with Gasteiger partial charge in [-0.3, -0.25) is 0 Å². The average Bonchev–Trinajstić information content (AvgIpc) is 3.67. The number of nitrogens with one attached hydrogen (secondary N) is 1. The molecular weight excluding hydrogens is 426 g/mol. The van der Waals surface area contributed by atoms with E-state index in [1.165, 1.54) is 27.9 Å². The van der Waals surface area contributed by atoms with E-state index in [4.69, 9.17) is 16.3 Å². The zero-order valence-electron chi connectivity index (χ0n) is 18.6. The number of halogens is 1. The van der Waals surface area contributed by atoms with Crippen LogP contribution in [0, 0.1) is 5.41 Å². The highest BCUT2D eigenvalue weighted by Gasteiger charge is 2.67. The number of anilines is 1. The molecule has 1 spiro atoms.